The summed E-state index contributed by atoms with van der Waals surface area (Å²) in [6, 6.07) is 0. The zero-order valence-corrected chi connectivity index (χ0v) is 5.69. The van der Waals surface area contributed by atoms with Crippen LogP contribution in [0.25, 0.3) is 0 Å². The molecule has 0 aliphatic carbocycles. The number of carbonyl (C=O) groups is 1. The molecule has 1 heterocycles. The van der Waals surface area contributed by atoms with E-state index in [9.17, 15) is 9.18 Å². The Morgan fingerprint density at radius 1 is 1.80 bits per heavy atom. The van der Waals surface area contributed by atoms with Gasteiger partial charge in [0.2, 0.25) is 5.91 Å². The highest BCUT2D eigenvalue weighted by Crippen LogP contribution is 2.14. The molecule has 0 aromatic rings. The first-order valence-corrected chi connectivity index (χ1v) is 3.32. The molecule has 3 N–H and O–H groups in total. The van der Waals surface area contributed by atoms with Gasteiger partial charge in [-0.1, -0.05) is 0 Å². The summed E-state index contributed by atoms with van der Waals surface area (Å²) in [6.45, 7) is -0.142. The number of amides is 1. The lowest BCUT2D eigenvalue weighted by molar-refractivity contribution is -0.128. The van der Waals surface area contributed by atoms with Crippen LogP contribution in [0.3, 0.4) is 0 Å². The maximum Gasteiger partial charge on any atom is 0.242 e. The van der Waals surface area contributed by atoms with Crippen molar-refractivity contribution in [3.05, 3.63) is 0 Å². The van der Waals surface area contributed by atoms with E-state index < -0.39 is 12.2 Å². The van der Waals surface area contributed by atoms with Crippen molar-refractivity contribution in [1.82, 2.24) is 5.32 Å². The summed E-state index contributed by atoms with van der Waals surface area (Å²) < 4.78 is 12.1. The van der Waals surface area contributed by atoms with Gasteiger partial charge in [0.1, 0.15) is 12.2 Å². The topological polar surface area (TPSA) is 55.1 Å². The number of hydrogen-bond donors (Lipinski definition) is 2. The van der Waals surface area contributed by atoms with E-state index in [2.05, 4.69) is 5.32 Å². The van der Waals surface area contributed by atoms with Gasteiger partial charge in [-0.2, -0.15) is 0 Å². The standard InChI is InChI=1S/C6H11FN2O/c7-4-6(8)2-1-3-9-5(6)10/h1-4,8H2,(H,9,10). The van der Waals surface area contributed by atoms with Crippen LogP contribution in [0, 0.1) is 0 Å². The van der Waals surface area contributed by atoms with Crippen molar-refractivity contribution in [3.63, 3.8) is 0 Å². The van der Waals surface area contributed by atoms with Crippen LogP contribution in [0.15, 0.2) is 0 Å². The third kappa shape index (κ3) is 1.11. The van der Waals surface area contributed by atoms with Crippen LogP contribution in [-0.4, -0.2) is 24.7 Å². The van der Waals surface area contributed by atoms with Gasteiger partial charge in [-0.15, -0.1) is 0 Å². The predicted octanol–water partition coefficient (Wildman–Crippen LogP) is -0.437. The number of piperidine rings is 1. The SMILES string of the molecule is NC1(CF)CCCNC1=O. The summed E-state index contributed by atoms with van der Waals surface area (Å²) >= 11 is 0. The van der Waals surface area contributed by atoms with Crippen molar-refractivity contribution in [3.8, 4) is 0 Å². The molecule has 1 atom stereocenters. The maximum absolute atomic E-state index is 12.1. The Morgan fingerprint density at radius 2 is 2.50 bits per heavy atom. The minimum atomic E-state index is -1.24. The minimum Gasteiger partial charge on any atom is -0.354 e. The molecule has 58 valence electrons. The molecule has 1 unspecified atom stereocenters. The Hall–Kier alpha value is -0.640. The first-order chi connectivity index (χ1) is 4.69. The molecule has 1 aliphatic heterocycles. The molecule has 0 aromatic carbocycles. The average Bonchev–Trinajstić information content (AvgIpc) is 1.96. The smallest absolute Gasteiger partial charge is 0.242 e. The van der Waals surface area contributed by atoms with Gasteiger partial charge in [0.15, 0.2) is 0 Å². The van der Waals surface area contributed by atoms with Crippen molar-refractivity contribution in [1.29, 1.82) is 0 Å². The fourth-order valence-corrected chi connectivity index (χ4v) is 1.02. The zero-order chi connectivity index (χ0) is 7.61. The summed E-state index contributed by atoms with van der Waals surface area (Å²) in [4.78, 5) is 10.9. The zero-order valence-electron chi connectivity index (χ0n) is 5.69. The van der Waals surface area contributed by atoms with Crippen LogP contribution in [0.1, 0.15) is 12.8 Å². The van der Waals surface area contributed by atoms with Crippen LogP contribution in [0.2, 0.25) is 0 Å². The third-order valence-corrected chi connectivity index (χ3v) is 1.78. The van der Waals surface area contributed by atoms with Crippen molar-refractivity contribution in [2.45, 2.75) is 18.4 Å². The van der Waals surface area contributed by atoms with Crippen molar-refractivity contribution in [2.75, 3.05) is 13.2 Å². The fraction of sp³-hybridized carbons (Fsp3) is 0.833. The molecular formula is C6H11FN2O. The molecule has 0 saturated carbocycles. The molecule has 10 heavy (non-hydrogen) atoms. The van der Waals surface area contributed by atoms with Crippen LogP contribution in [0.5, 0.6) is 0 Å². The maximum atomic E-state index is 12.1. The minimum absolute atomic E-state index is 0.360. The molecule has 1 rings (SSSR count). The Bertz CT molecular complexity index is 151. The highest BCUT2D eigenvalue weighted by Gasteiger charge is 2.35. The number of nitrogens with one attached hydrogen (secondary N) is 1. The van der Waals surface area contributed by atoms with E-state index in [1.165, 1.54) is 0 Å². The van der Waals surface area contributed by atoms with Crippen molar-refractivity contribution >= 4 is 5.91 Å². The Morgan fingerprint density at radius 3 is 2.90 bits per heavy atom. The lowest BCUT2D eigenvalue weighted by atomic mass is 9.92. The van der Waals surface area contributed by atoms with E-state index in [-0.39, 0.29) is 5.91 Å². The van der Waals surface area contributed by atoms with Gasteiger partial charge in [-0.25, -0.2) is 4.39 Å². The molecular weight excluding hydrogens is 135 g/mol. The second kappa shape index (κ2) is 2.54. The molecule has 3 nitrogen and oxygen atoms in total. The summed E-state index contributed by atoms with van der Waals surface area (Å²) in [5.74, 6) is -0.360. The van der Waals surface area contributed by atoms with Crippen LogP contribution < -0.4 is 11.1 Å². The van der Waals surface area contributed by atoms with Gasteiger partial charge in [-0.05, 0) is 12.8 Å². The molecule has 1 aliphatic rings. The normalized spacial score (nSPS) is 33.6. The van der Waals surface area contributed by atoms with Crippen molar-refractivity contribution in [2.24, 2.45) is 5.73 Å². The van der Waals surface area contributed by atoms with Gasteiger partial charge in [-0.3, -0.25) is 4.79 Å². The Kier molecular flexibility index (Phi) is 1.89. The predicted molar refractivity (Wildman–Crippen MR) is 35.1 cm³/mol. The van der Waals surface area contributed by atoms with Crippen molar-refractivity contribution < 1.29 is 9.18 Å². The summed E-state index contributed by atoms with van der Waals surface area (Å²) in [7, 11) is 0. The number of alkyl halides is 1. The van der Waals surface area contributed by atoms with Gasteiger partial charge in [0.25, 0.3) is 0 Å². The average molecular weight is 146 g/mol. The van der Waals surface area contributed by atoms with Crippen LogP contribution >= 0.6 is 0 Å². The fourth-order valence-electron chi connectivity index (χ4n) is 1.02. The first-order valence-electron chi connectivity index (χ1n) is 3.32. The molecule has 0 bridgehead atoms. The molecule has 0 radical (unpaired) electrons. The number of hydrogen-bond acceptors (Lipinski definition) is 2. The van der Waals surface area contributed by atoms with E-state index in [0.717, 1.165) is 6.42 Å². The van der Waals surface area contributed by atoms with E-state index >= 15 is 0 Å². The molecule has 4 heteroatoms. The van der Waals surface area contributed by atoms with Gasteiger partial charge in [0.05, 0.1) is 0 Å². The Labute approximate surface area is 58.8 Å². The second-order valence-corrected chi connectivity index (χ2v) is 2.65. The summed E-state index contributed by atoms with van der Waals surface area (Å²) in [5.41, 5.74) is 4.18. The second-order valence-electron chi connectivity index (χ2n) is 2.65. The first kappa shape index (κ1) is 7.47. The van der Waals surface area contributed by atoms with Crippen LogP contribution in [-0.2, 0) is 4.79 Å². The molecule has 0 aromatic heterocycles. The van der Waals surface area contributed by atoms with Gasteiger partial charge in [0, 0.05) is 6.54 Å². The molecule has 1 saturated heterocycles. The third-order valence-electron chi connectivity index (χ3n) is 1.78. The van der Waals surface area contributed by atoms with E-state index in [1.54, 1.807) is 0 Å². The highest BCUT2D eigenvalue weighted by molar-refractivity contribution is 5.86. The number of rotatable bonds is 1. The number of carbonyl (C=O) groups excluding carboxylic acids is 1. The summed E-state index contributed by atoms with van der Waals surface area (Å²) in [6.07, 6.45) is 1.22. The lowest BCUT2D eigenvalue weighted by Crippen LogP contribution is -2.59. The van der Waals surface area contributed by atoms with E-state index in [0.29, 0.717) is 13.0 Å². The van der Waals surface area contributed by atoms with Gasteiger partial charge < -0.3 is 11.1 Å². The highest BCUT2D eigenvalue weighted by atomic mass is 19.1. The van der Waals surface area contributed by atoms with E-state index in [1.807, 2.05) is 0 Å². The number of nitrogens with two attached hydrogens (primary N) is 1. The molecule has 1 fully saturated rings. The lowest BCUT2D eigenvalue weighted by Gasteiger charge is -2.29. The van der Waals surface area contributed by atoms with Gasteiger partial charge >= 0.3 is 0 Å². The molecule has 1 amide bonds. The quantitative estimate of drug-likeness (QED) is 0.527. The summed E-state index contributed by atoms with van der Waals surface area (Å²) in [5, 5.41) is 2.52. The largest absolute Gasteiger partial charge is 0.354 e. The van der Waals surface area contributed by atoms with E-state index in [4.69, 9.17) is 5.73 Å². The number of halogens is 1. The molecule has 0 spiro atoms. The monoisotopic (exact) mass is 146 g/mol. The Balaban J connectivity index is 2.63. The van der Waals surface area contributed by atoms with Crippen LogP contribution in [0.4, 0.5) is 4.39 Å².